The highest BCUT2D eigenvalue weighted by Crippen LogP contribution is 2.25. The molecule has 1 heteroatoms. The highest BCUT2D eigenvalue weighted by Gasteiger charge is 2.13. The average Bonchev–Trinajstić information content (AvgIpc) is 2.49. The first-order valence-electron chi connectivity index (χ1n) is 5.43. The molecule has 1 aromatic rings. The van der Waals surface area contributed by atoms with Crippen molar-refractivity contribution in [1.82, 2.24) is 0 Å². The van der Waals surface area contributed by atoms with Gasteiger partial charge in [-0.25, -0.2) is 0 Å². The molecule has 0 saturated carbocycles. The van der Waals surface area contributed by atoms with E-state index >= 15 is 0 Å². The van der Waals surface area contributed by atoms with Crippen LogP contribution >= 0.6 is 0 Å². The highest BCUT2D eigenvalue weighted by atomic mass is 16.3. The van der Waals surface area contributed by atoms with Gasteiger partial charge in [-0.05, 0) is 28.5 Å². The van der Waals surface area contributed by atoms with E-state index in [1.165, 1.54) is 16.0 Å². The lowest BCUT2D eigenvalue weighted by atomic mass is 9.95. The Morgan fingerprint density at radius 1 is 1.00 bits per heavy atom. The average molecular weight is 208 g/mol. The van der Waals surface area contributed by atoms with Gasteiger partial charge in [0.15, 0.2) is 0 Å². The molecule has 16 heavy (non-hydrogen) atoms. The number of hydrogen-bond donors (Lipinski definition) is 1. The Hall–Kier alpha value is -2.02. The van der Waals surface area contributed by atoms with E-state index in [0.29, 0.717) is 5.76 Å². The van der Waals surface area contributed by atoms with Gasteiger partial charge in [0.05, 0.1) is 0 Å². The molecule has 2 aliphatic carbocycles. The molecule has 1 aromatic carbocycles. The SMILES string of the molecule is OC1=CC=c2ccccc2=C2CC=CC=C12. The van der Waals surface area contributed by atoms with Gasteiger partial charge in [-0.2, -0.15) is 0 Å². The lowest BCUT2D eigenvalue weighted by Gasteiger charge is -2.12. The number of aliphatic hydroxyl groups is 1. The maximum absolute atomic E-state index is 9.96. The monoisotopic (exact) mass is 208 g/mol. The van der Waals surface area contributed by atoms with Crippen LogP contribution in [0, 0.1) is 0 Å². The molecule has 1 N–H and O–H groups in total. The normalized spacial score (nSPS) is 17.6. The Morgan fingerprint density at radius 2 is 1.88 bits per heavy atom. The second kappa shape index (κ2) is 3.53. The first-order chi connectivity index (χ1) is 7.86. The van der Waals surface area contributed by atoms with Gasteiger partial charge in [-0.3, -0.25) is 0 Å². The second-order valence-electron chi connectivity index (χ2n) is 4.00. The first kappa shape index (κ1) is 9.22. The molecule has 0 bridgehead atoms. The zero-order valence-corrected chi connectivity index (χ0v) is 8.85. The minimum absolute atomic E-state index is 0.357. The van der Waals surface area contributed by atoms with Crippen molar-refractivity contribution in [2.75, 3.05) is 0 Å². The fourth-order valence-electron chi connectivity index (χ4n) is 2.23. The summed E-state index contributed by atoms with van der Waals surface area (Å²) >= 11 is 0. The molecule has 0 spiro atoms. The van der Waals surface area contributed by atoms with Gasteiger partial charge < -0.3 is 5.11 Å². The summed E-state index contributed by atoms with van der Waals surface area (Å²) in [6, 6.07) is 8.25. The van der Waals surface area contributed by atoms with Crippen LogP contribution in [0.15, 0.2) is 59.9 Å². The van der Waals surface area contributed by atoms with Gasteiger partial charge in [0.1, 0.15) is 5.76 Å². The molecular weight excluding hydrogens is 196 g/mol. The lowest BCUT2D eigenvalue weighted by molar-refractivity contribution is 0.427. The highest BCUT2D eigenvalue weighted by molar-refractivity contribution is 5.75. The molecule has 0 fully saturated rings. The summed E-state index contributed by atoms with van der Waals surface area (Å²) in [6.45, 7) is 0. The molecule has 0 radical (unpaired) electrons. The van der Waals surface area contributed by atoms with Gasteiger partial charge in [0, 0.05) is 5.57 Å². The Morgan fingerprint density at radius 3 is 2.81 bits per heavy atom. The Labute approximate surface area is 94.1 Å². The molecular formula is C15H12O. The quantitative estimate of drug-likeness (QED) is 0.691. The molecule has 0 aromatic heterocycles. The molecule has 0 amide bonds. The number of allylic oxidation sites excluding steroid dienone is 5. The van der Waals surface area contributed by atoms with E-state index in [-0.39, 0.29) is 0 Å². The number of aliphatic hydroxyl groups excluding tert-OH is 1. The molecule has 78 valence electrons. The van der Waals surface area contributed by atoms with Crippen LogP contribution in [0.2, 0.25) is 0 Å². The Bertz CT molecular complexity index is 642. The maximum atomic E-state index is 9.96. The van der Waals surface area contributed by atoms with Crippen LogP contribution in [0.1, 0.15) is 6.42 Å². The molecule has 1 nitrogen and oxygen atoms in total. The van der Waals surface area contributed by atoms with Crippen molar-refractivity contribution in [3.8, 4) is 0 Å². The van der Waals surface area contributed by atoms with Crippen LogP contribution in [-0.2, 0) is 0 Å². The molecule has 0 unspecified atom stereocenters. The van der Waals surface area contributed by atoms with E-state index in [0.717, 1.165) is 12.0 Å². The van der Waals surface area contributed by atoms with Crippen molar-refractivity contribution in [3.05, 3.63) is 70.3 Å². The lowest BCUT2D eigenvalue weighted by Crippen LogP contribution is -2.26. The fourth-order valence-corrected chi connectivity index (χ4v) is 2.23. The maximum Gasteiger partial charge on any atom is 0.123 e. The molecule has 0 atom stereocenters. The number of hydrogen-bond acceptors (Lipinski definition) is 1. The third-order valence-corrected chi connectivity index (χ3v) is 3.03. The smallest absolute Gasteiger partial charge is 0.123 e. The van der Waals surface area contributed by atoms with Crippen molar-refractivity contribution < 1.29 is 5.11 Å². The van der Waals surface area contributed by atoms with Gasteiger partial charge in [-0.1, -0.05) is 48.6 Å². The third kappa shape index (κ3) is 1.33. The number of fused-ring (bicyclic) bond motifs is 2. The molecule has 0 aliphatic heterocycles. The summed E-state index contributed by atoms with van der Waals surface area (Å²) in [5, 5.41) is 12.4. The van der Waals surface area contributed by atoms with E-state index in [1.807, 2.05) is 30.4 Å². The van der Waals surface area contributed by atoms with Crippen LogP contribution in [0.3, 0.4) is 0 Å². The number of rotatable bonds is 0. The zero-order chi connectivity index (χ0) is 11.0. The third-order valence-electron chi connectivity index (χ3n) is 3.03. The summed E-state index contributed by atoms with van der Waals surface area (Å²) in [6.07, 6.45) is 10.7. The van der Waals surface area contributed by atoms with E-state index in [2.05, 4.69) is 18.2 Å². The van der Waals surface area contributed by atoms with Gasteiger partial charge in [-0.15, -0.1) is 0 Å². The minimum Gasteiger partial charge on any atom is -0.507 e. The van der Waals surface area contributed by atoms with E-state index in [1.54, 1.807) is 6.08 Å². The topological polar surface area (TPSA) is 20.2 Å². The van der Waals surface area contributed by atoms with E-state index in [9.17, 15) is 5.11 Å². The van der Waals surface area contributed by atoms with Crippen LogP contribution in [-0.4, -0.2) is 5.11 Å². The Balaban J connectivity index is 2.46. The molecule has 3 rings (SSSR count). The molecule has 0 heterocycles. The van der Waals surface area contributed by atoms with Crippen molar-refractivity contribution >= 4 is 11.6 Å². The summed E-state index contributed by atoms with van der Waals surface area (Å²) in [5.41, 5.74) is 2.16. The van der Waals surface area contributed by atoms with E-state index < -0.39 is 0 Å². The molecule has 2 aliphatic rings. The summed E-state index contributed by atoms with van der Waals surface area (Å²) < 4.78 is 0. The summed E-state index contributed by atoms with van der Waals surface area (Å²) in [5.74, 6) is 0.357. The van der Waals surface area contributed by atoms with Gasteiger partial charge >= 0.3 is 0 Å². The first-order valence-corrected chi connectivity index (χ1v) is 5.43. The summed E-state index contributed by atoms with van der Waals surface area (Å²) in [4.78, 5) is 0. The predicted molar refractivity (Wildman–Crippen MR) is 66.1 cm³/mol. The standard InChI is InChI=1S/C15H12O/c16-15-10-9-11-5-1-2-6-12(11)13-7-3-4-8-14(13)15/h1-6,8-10,16H,7H2. The Kier molecular flexibility index (Phi) is 2.03. The van der Waals surface area contributed by atoms with Crippen molar-refractivity contribution in [3.63, 3.8) is 0 Å². The van der Waals surface area contributed by atoms with Crippen LogP contribution in [0.5, 0.6) is 0 Å². The minimum atomic E-state index is 0.357. The molecule has 0 saturated heterocycles. The second-order valence-corrected chi connectivity index (χ2v) is 4.00. The van der Waals surface area contributed by atoms with E-state index in [4.69, 9.17) is 0 Å². The van der Waals surface area contributed by atoms with Crippen LogP contribution in [0.25, 0.3) is 11.6 Å². The summed E-state index contributed by atoms with van der Waals surface area (Å²) in [7, 11) is 0. The van der Waals surface area contributed by atoms with Crippen molar-refractivity contribution in [1.29, 1.82) is 0 Å². The predicted octanol–water partition coefficient (Wildman–Crippen LogP) is 1.96. The van der Waals surface area contributed by atoms with Crippen molar-refractivity contribution in [2.45, 2.75) is 6.42 Å². The van der Waals surface area contributed by atoms with Gasteiger partial charge in [0.25, 0.3) is 0 Å². The number of benzene rings is 1. The fraction of sp³-hybridized carbons (Fsp3) is 0.0667. The van der Waals surface area contributed by atoms with Crippen LogP contribution in [0.4, 0.5) is 0 Å². The largest absolute Gasteiger partial charge is 0.507 e. The van der Waals surface area contributed by atoms with Gasteiger partial charge in [0.2, 0.25) is 0 Å². The van der Waals surface area contributed by atoms with Crippen molar-refractivity contribution in [2.24, 2.45) is 0 Å². The zero-order valence-electron chi connectivity index (χ0n) is 8.85. The van der Waals surface area contributed by atoms with Crippen LogP contribution < -0.4 is 10.4 Å².